The quantitative estimate of drug-likeness (QED) is 0.442. The number of hydrogen-bond donors (Lipinski definition) is 1. The topological polar surface area (TPSA) is 126 Å². The van der Waals surface area contributed by atoms with Crippen molar-refractivity contribution in [2.75, 3.05) is 5.73 Å². The van der Waals surface area contributed by atoms with Gasteiger partial charge in [0.25, 0.3) is 5.56 Å². The summed E-state index contributed by atoms with van der Waals surface area (Å²) in [6.45, 7) is 4.28. The molecule has 0 saturated heterocycles. The van der Waals surface area contributed by atoms with E-state index in [2.05, 4.69) is 15.1 Å². The number of hydrogen-bond acceptors (Lipinski definition) is 7. The lowest BCUT2D eigenvalue weighted by molar-refractivity contribution is 0.521. The molecule has 5 rings (SSSR count). The third kappa shape index (κ3) is 3.41. The number of nitrogens with zero attached hydrogens (tertiary/aromatic N) is 6. The van der Waals surface area contributed by atoms with Crippen LogP contribution in [-0.4, -0.2) is 28.7 Å². The zero-order chi connectivity index (χ0) is 23.1. The molecule has 0 aliphatic rings. The fourth-order valence-corrected chi connectivity index (χ4v) is 3.82. The standard InChI is InChI=1S/C23H21N7O3/c1-3-28-11-16(9-10-18(28)31)19-20(15-7-5-4-6-8-15)26-22(24)30-21(19)27-29(23(30)32)12-17-14(2)33-13-25-17/h4-11,13H,3,12H2,1-2H3,(H2,24,26). The molecule has 4 aromatic heterocycles. The van der Waals surface area contributed by atoms with Gasteiger partial charge in [0.1, 0.15) is 11.5 Å². The van der Waals surface area contributed by atoms with Gasteiger partial charge in [-0.05, 0) is 19.9 Å². The number of nitrogens with two attached hydrogens (primary N) is 1. The molecule has 0 saturated carbocycles. The second kappa shape index (κ2) is 7.90. The number of aromatic nitrogens is 6. The molecule has 0 radical (unpaired) electrons. The van der Waals surface area contributed by atoms with Crippen molar-refractivity contribution in [2.24, 2.45) is 0 Å². The van der Waals surface area contributed by atoms with E-state index in [1.807, 2.05) is 37.3 Å². The van der Waals surface area contributed by atoms with Crippen LogP contribution in [0.25, 0.3) is 28.0 Å². The van der Waals surface area contributed by atoms with E-state index in [9.17, 15) is 9.59 Å². The van der Waals surface area contributed by atoms with Crippen molar-refractivity contribution in [1.29, 1.82) is 0 Å². The molecule has 0 atom stereocenters. The van der Waals surface area contributed by atoms with E-state index in [1.165, 1.54) is 21.5 Å². The molecule has 0 amide bonds. The van der Waals surface area contributed by atoms with Crippen molar-refractivity contribution in [3.05, 3.63) is 87.3 Å². The van der Waals surface area contributed by atoms with Gasteiger partial charge in [-0.1, -0.05) is 30.3 Å². The fraction of sp³-hybridized carbons (Fsp3) is 0.174. The molecule has 0 fully saturated rings. The minimum Gasteiger partial charge on any atom is -0.448 e. The van der Waals surface area contributed by atoms with Gasteiger partial charge in [0.15, 0.2) is 12.0 Å². The van der Waals surface area contributed by atoms with Crippen molar-refractivity contribution >= 4 is 11.6 Å². The van der Waals surface area contributed by atoms with Gasteiger partial charge in [0.05, 0.1) is 17.8 Å². The Bertz CT molecular complexity index is 1590. The first-order chi connectivity index (χ1) is 16.0. The van der Waals surface area contributed by atoms with Crippen LogP contribution >= 0.6 is 0 Å². The van der Waals surface area contributed by atoms with Crippen molar-refractivity contribution < 1.29 is 4.42 Å². The van der Waals surface area contributed by atoms with Crippen molar-refractivity contribution in [2.45, 2.75) is 26.9 Å². The summed E-state index contributed by atoms with van der Waals surface area (Å²) in [5.74, 6) is 0.620. The van der Waals surface area contributed by atoms with E-state index < -0.39 is 5.69 Å². The van der Waals surface area contributed by atoms with E-state index in [-0.39, 0.29) is 18.1 Å². The van der Waals surface area contributed by atoms with Crippen molar-refractivity contribution in [3.8, 4) is 22.4 Å². The van der Waals surface area contributed by atoms with Crippen LogP contribution in [0.15, 0.2) is 69.1 Å². The van der Waals surface area contributed by atoms with Gasteiger partial charge >= 0.3 is 5.69 Å². The average molecular weight is 443 g/mol. The molecular formula is C23H21N7O3. The maximum atomic E-state index is 13.2. The molecule has 0 aliphatic heterocycles. The molecule has 10 nitrogen and oxygen atoms in total. The second-order valence-corrected chi connectivity index (χ2v) is 7.56. The lowest BCUT2D eigenvalue weighted by Crippen LogP contribution is -2.24. The molecule has 2 N–H and O–H groups in total. The Morgan fingerprint density at radius 3 is 2.55 bits per heavy atom. The highest BCUT2D eigenvalue weighted by molar-refractivity contribution is 5.90. The smallest absolute Gasteiger partial charge is 0.353 e. The first kappa shape index (κ1) is 20.4. The molecule has 0 aliphatic carbocycles. The number of rotatable bonds is 5. The number of aryl methyl sites for hydroxylation is 2. The normalized spacial score (nSPS) is 11.3. The van der Waals surface area contributed by atoms with E-state index in [0.717, 1.165) is 5.56 Å². The van der Waals surface area contributed by atoms with Gasteiger partial charge < -0.3 is 14.7 Å². The first-order valence-electron chi connectivity index (χ1n) is 10.4. The van der Waals surface area contributed by atoms with Crippen LogP contribution in [0.2, 0.25) is 0 Å². The lowest BCUT2D eigenvalue weighted by Gasteiger charge is -2.13. The molecular weight excluding hydrogens is 422 g/mol. The summed E-state index contributed by atoms with van der Waals surface area (Å²) in [6, 6.07) is 12.7. The van der Waals surface area contributed by atoms with Crippen molar-refractivity contribution in [3.63, 3.8) is 0 Å². The largest absolute Gasteiger partial charge is 0.448 e. The molecule has 0 unspecified atom stereocenters. The second-order valence-electron chi connectivity index (χ2n) is 7.56. The monoisotopic (exact) mass is 443 g/mol. The highest BCUT2D eigenvalue weighted by Gasteiger charge is 2.22. The summed E-state index contributed by atoms with van der Waals surface area (Å²) in [5, 5.41) is 4.61. The molecule has 10 heteroatoms. The van der Waals surface area contributed by atoms with Gasteiger partial charge in [0, 0.05) is 29.9 Å². The van der Waals surface area contributed by atoms with Crippen LogP contribution in [0, 0.1) is 6.92 Å². The van der Waals surface area contributed by atoms with E-state index in [0.29, 0.717) is 40.5 Å². The zero-order valence-electron chi connectivity index (χ0n) is 18.1. The fourth-order valence-electron chi connectivity index (χ4n) is 3.82. The minimum atomic E-state index is -0.443. The van der Waals surface area contributed by atoms with Crippen LogP contribution in [0.4, 0.5) is 5.95 Å². The Balaban J connectivity index is 1.84. The summed E-state index contributed by atoms with van der Waals surface area (Å²) in [6.07, 6.45) is 3.07. The number of pyridine rings is 1. The van der Waals surface area contributed by atoms with Crippen LogP contribution in [0.1, 0.15) is 18.4 Å². The van der Waals surface area contributed by atoms with Crippen LogP contribution in [0.5, 0.6) is 0 Å². The number of nitrogen functional groups attached to an aromatic ring is 1. The Morgan fingerprint density at radius 1 is 1.06 bits per heavy atom. The zero-order valence-corrected chi connectivity index (χ0v) is 18.1. The van der Waals surface area contributed by atoms with Gasteiger partial charge in [0.2, 0.25) is 5.95 Å². The van der Waals surface area contributed by atoms with Gasteiger partial charge in [-0.25, -0.2) is 23.8 Å². The maximum absolute atomic E-state index is 13.2. The molecule has 0 spiro atoms. The summed E-state index contributed by atoms with van der Waals surface area (Å²) in [4.78, 5) is 34.2. The molecule has 4 heterocycles. The Labute approximate surface area is 187 Å². The van der Waals surface area contributed by atoms with Crippen LogP contribution in [-0.2, 0) is 13.1 Å². The van der Waals surface area contributed by atoms with Gasteiger partial charge in [-0.2, -0.15) is 0 Å². The summed E-state index contributed by atoms with van der Waals surface area (Å²) >= 11 is 0. The predicted molar refractivity (Wildman–Crippen MR) is 123 cm³/mol. The first-order valence-corrected chi connectivity index (χ1v) is 10.4. The Hall–Kier alpha value is -4.47. The number of oxazole rings is 1. The molecule has 5 aromatic rings. The third-order valence-corrected chi connectivity index (χ3v) is 5.56. The highest BCUT2D eigenvalue weighted by atomic mass is 16.3. The molecule has 1 aromatic carbocycles. The number of fused-ring (bicyclic) bond motifs is 1. The van der Waals surface area contributed by atoms with Crippen LogP contribution < -0.4 is 17.0 Å². The van der Waals surface area contributed by atoms with E-state index in [1.54, 1.807) is 23.8 Å². The molecule has 0 bridgehead atoms. The molecule has 166 valence electrons. The SMILES string of the molecule is CCn1cc(-c2c(-c3ccccc3)nc(N)n3c(=O)n(Cc4ncoc4C)nc23)ccc1=O. The lowest BCUT2D eigenvalue weighted by atomic mass is 10.0. The predicted octanol–water partition coefficient (Wildman–Crippen LogP) is 2.33. The van der Waals surface area contributed by atoms with E-state index in [4.69, 9.17) is 10.2 Å². The number of anilines is 1. The summed E-state index contributed by atoms with van der Waals surface area (Å²) < 4.78 is 9.40. The Kier molecular flexibility index (Phi) is 4.89. The van der Waals surface area contributed by atoms with E-state index >= 15 is 0 Å². The minimum absolute atomic E-state index is 0.0181. The maximum Gasteiger partial charge on any atom is 0.353 e. The highest BCUT2D eigenvalue weighted by Crippen LogP contribution is 2.33. The Morgan fingerprint density at radius 2 is 1.85 bits per heavy atom. The average Bonchev–Trinajstić information content (AvgIpc) is 3.38. The third-order valence-electron chi connectivity index (χ3n) is 5.56. The summed E-state index contributed by atoms with van der Waals surface area (Å²) in [5.41, 5.74) is 9.30. The number of benzene rings is 1. The van der Waals surface area contributed by atoms with Gasteiger partial charge in [-0.3, -0.25) is 4.79 Å². The van der Waals surface area contributed by atoms with Gasteiger partial charge in [-0.15, -0.1) is 5.10 Å². The summed E-state index contributed by atoms with van der Waals surface area (Å²) in [7, 11) is 0. The van der Waals surface area contributed by atoms with Crippen molar-refractivity contribution in [1.82, 2.24) is 28.7 Å². The molecule has 33 heavy (non-hydrogen) atoms. The van der Waals surface area contributed by atoms with Crippen LogP contribution in [0.3, 0.4) is 0 Å².